The van der Waals surface area contributed by atoms with Gasteiger partial charge in [-0.1, -0.05) is 43.5 Å². The van der Waals surface area contributed by atoms with Crippen LogP contribution in [0.3, 0.4) is 0 Å². The lowest BCUT2D eigenvalue weighted by atomic mass is 9.96. The van der Waals surface area contributed by atoms with Gasteiger partial charge >= 0.3 is 0 Å². The van der Waals surface area contributed by atoms with Crippen LogP contribution in [-0.2, 0) is 13.1 Å². The van der Waals surface area contributed by atoms with E-state index in [1.54, 1.807) is 0 Å². The summed E-state index contributed by atoms with van der Waals surface area (Å²) < 4.78 is 0. The molecule has 3 heteroatoms. The fraction of sp³-hybridized carbons (Fsp3) is 0.533. The van der Waals surface area contributed by atoms with E-state index in [9.17, 15) is 0 Å². The quantitative estimate of drug-likeness (QED) is 0.608. The van der Waals surface area contributed by atoms with Gasteiger partial charge in [-0.15, -0.1) is 0 Å². The Morgan fingerprint density at radius 3 is 2.28 bits per heavy atom. The number of guanidine groups is 1. The van der Waals surface area contributed by atoms with Crippen LogP contribution in [0.5, 0.6) is 0 Å². The third kappa shape index (κ3) is 2.35. The largest absolute Gasteiger partial charge is 0.370 e. The second-order valence-corrected chi connectivity index (χ2v) is 5.40. The van der Waals surface area contributed by atoms with Crippen molar-refractivity contribution >= 4 is 5.96 Å². The molecular weight excluding hydrogens is 222 g/mol. The molecule has 0 aromatic heterocycles. The third-order valence-corrected chi connectivity index (χ3v) is 4.05. The van der Waals surface area contributed by atoms with E-state index in [-0.39, 0.29) is 0 Å². The Morgan fingerprint density at radius 1 is 1.06 bits per heavy atom. The molecular formula is C15H21N3. The molecule has 2 aliphatic rings. The van der Waals surface area contributed by atoms with Crippen LogP contribution < -0.4 is 5.73 Å². The highest BCUT2D eigenvalue weighted by Gasteiger charge is 2.21. The van der Waals surface area contributed by atoms with Crippen LogP contribution in [0.25, 0.3) is 0 Å². The van der Waals surface area contributed by atoms with Gasteiger partial charge in [-0.3, -0.25) is 0 Å². The summed E-state index contributed by atoms with van der Waals surface area (Å²) in [6.45, 7) is 1.83. The first kappa shape index (κ1) is 11.6. The molecule has 2 N–H and O–H groups in total. The summed E-state index contributed by atoms with van der Waals surface area (Å²) >= 11 is 0. The zero-order valence-electron chi connectivity index (χ0n) is 10.8. The Labute approximate surface area is 109 Å². The molecule has 0 atom stereocenters. The zero-order chi connectivity index (χ0) is 12.4. The average molecular weight is 243 g/mol. The van der Waals surface area contributed by atoms with E-state index in [1.807, 2.05) is 0 Å². The Morgan fingerprint density at radius 2 is 1.67 bits per heavy atom. The van der Waals surface area contributed by atoms with Gasteiger partial charge in [0.1, 0.15) is 0 Å². The lowest BCUT2D eigenvalue weighted by molar-refractivity contribution is 0.411. The highest BCUT2D eigenvalue weighted by molar-refractivity contribution is 5.79. The van der Waals surface area contributed by atoms with Crippen LogP contribution in [0.4, 0.5) is 0 Å². The van der Waals surface area contributed by atoms with Gasteiger partial charge in [0, 0.05) is 13.1 Å². The van der Waals surface area contributed by atoms with Gasteiger partial charge in [-0.25, -0.2) is 4.99 Å². The van der Waals surface area contributed by atoms with E-state index in [2.05, 4.69) is 29.2 Å². The third-order valence-electron chi connectivity index (χ3n) is 4.05. The van der Waals surface area contributed by atoms with Crippen molar-refractivity contribution in [2.75, 3.05) is 0 Å². The number of hydrogen-bond donors (Lipinski definition) is 1. The van der Waals surface area contributed by atoms with Gasteiger partial charge in [-0.2, -0.15) is 0 Å². The molecule has 1 aliphatic carbocycles. The summed E-state index contributed by atoms with van der Waals surface area (Å²) in [7, 11) is 0. The van der Waals surface area contributed by atoms with Crippen molar-refractivity contribution in [3.63, 3.8) is 0 Å². The number of benzene rings is 1. The van der Waals surface area contributed by atoms with Crippen LogP contribution >= 0.6 is 0 Å². The first-order chi connectivity index (χ1) is 8.83. The highest BCUT2D eigenvalue weighted by Crippen LogP contribution is 2.24. The maximum Gasteiger partial charge on any atom is 0.192 e. The van der Waals surface area contributed by atoms with Crippen LogP contribution in [-0.4, -0.2) is 16.9 Å². The number of fused-ring (bicyclic) bond motifs is 1. The normalized spacial score (nSPS) is 21.1. The average Bonchev–Trinajstić information content (AvgIpc) is 2.84. The second-order valence-electron chi connectivity index (χ2n) is 5.40. The Hall–Kier alpha value is -1.51. The van der Waals surface area contributed by atoms with Crippen molar-refractivity contribution in [1.82, 2.24) is 4.90 Å². The van der Waals surface area contributed by atoms with E-state index in [4.69, 9.17) is 10.7 Å². The van der Waals surface area contributed by atoms with Gasteiger partial charge in [0.2, 0.25) is 0 Å². The van der Waals surface area contributed by atoms with Crippen molar-refractivity contribution in [3.05, 3.63) is 35.4 Å². The lowest BCUT2D eigenvalue weighted by Gasteiger charge is -2.22. The number of rotatable bonds is 1. The van der Waals surface area contributed by atoms with Gasteiger partial charge in [0.15, 0.2) is 5.96 Å². The molecule has 96 valence electrons. The zero-order valence-corrected chi connectivity index (χ0v) is 10.8. The summed E-state index contributed by atoms with van der Waals surface area (Å²) in [5.74, 6) is 0.734. The summed E-state index contributed by atoms with van der Waals surface area (Å²) in [5.41, 5.74) is 8.94. The summed E-state index contributed by atoms with van der Waals surface area (Å²) in [5, 5.41) is 0. The van der Waals surface area contributed by atoms with Crippen LogP contribution in [0.15, 0.2) is 29.3 Å². The molecule has 0 spiro atoms. The fourth-order valence-corrected chi connectivity index (χ4v) is 2.97. The van der Waals surface area contributed by atoms with Crippen molar-refractivity contribution in [1.29, 1.82) is 0 Å². The first-order valence-corrected chi connectivity index (χ1v) is 6.98. The minimum absolute atomic E-state index is 0.461. The van der Waals surface area contributed by atoms with E-state index in [0.717, 1.165) is 19.0 Å². The van der Waals surface area contributed by atoms with Crippen molar-refractivity contribution < 1.29 is 0 Å². The smallest absolute Gasteiger partial charge is 0.192 e. The molecule has 18 heavy (non-hydrogen) atoms. The van der Waals surface area contributed by atoms with Gasteiger partial charge in [0.05, 0.1) is 6.04 Å². The molecule has 0 saturated heterocycles. The molecule has 0 amide bonds. The molecule has 0 radical (unpaired) electrons. The molecule has 3 nitrogen and oxygen atoms in total. The minimum Gasteiger partial charge on any atom is -0.370 e. The van der Waals surface area contributed by atoms with E-state index in [1.165, 1.54) is 43.2 Å². The maximum atomic E-state index is 6.17. The van der Waals surface area contributed by atoms with E-state index in [0.29, 0.717) is 6.04 Å². The van der Waals surface area contributed by atoms with Gasteiger partial charge < -0.3 is 10.6 Å². The molecule has 1 saturated carbocycles. The van der Waals surface area contributed by atoms with Crippen LogP contribution in [0, 0.1) is 0 Å². The molecule has 1 aromatic carbocycles. The Balaban J connectivity index is 1.68. The van der Waals surface area contributed by atoms with Crippen LogP contribution in [0.2, 0.25) is 0 Å². The molecule has 1 heterocycles. The Bertz CT molecular complexity index is 422. The van der Waals surface area contributed by atoms with Crippen molar-refractivity contribution in [2.45, 2.75) is 51.2 Å². The van der Waals surface area contributed by atoms with Gasteiger partial charge in [0.25, 0.3) is 0 Å². The van der Waals surface area contributed by atoms with Crippen LogP contribution in [0.1, 0.15) is 43.2 Å². The highest BCUT2D eigenvalue weighted by atomic mass is 15.3. The lowest BCUT2D eigenvalue weighted by Crippen LogP contribution is -2.34. The topological polar surface area (TPSA) is 41.6 Å². The second kappa shape index (κ2) is 5.01. The molecule has 0 bridgehead atoms. The van der Waals surface area contributed by atoms with E-state index < -0.39 is 0 Å². The number of nitrogens with two attached hydrogens (primary N) is 1. The minimum atomic E-state index is 0.461. The molecule has 3 rings (SSSR count). The first-order valence-electron chi connectivity index (χ1n) is 6.98. The SMILES string of the molecule is NC(=NC1CCCCC1)N1Cc2ccccc2C1. The monoisotopic (exact) mass is 243 g/mol. The van der Waals surface area contributed by atoms with Crippen molar-refractivity contribution in [3.8, 4) is 0 Å². The van der Waals surface area contributed by atoms with E-state index >= 15 is 0 Å². The number of nitrogens with zero attached hydrogens (tertiary/aromatic N) is 2. The predicted molar refractivity (Wildman–Crippen MR) is 74.2 cm³/mol. The predicted octanol–water partition coefficient (Wildman–Crippen LogP) is 2.65. The standard InChI is InChI=1S/C15H21N3/c16-15(17-14-8-2-1-3-9-14)18-10-12-6-4-5-7-13(12)11-18/h4-7,14H,1-3,8-11H2,(H2,16,17). The maximum absolute atomic E-state index is 6.17. The van der Waals surface area contributed by atoms with Crippen molar-refractivity contribution in [2.24, 2.45) is 10.7 Å². The number of hydrogen-bond acceptors (Lipinski definition) is 1. The Kier molecular flexibility index (Phi) is 3.22. The molecule has 1 aliphatic heterocycles. The fourth-order valence-electron chi connectivity index (χ4n) is 2.97. The summed E-state index contributed by atoms with van der Waals surface area (Å²) in [6.07, 6.45) is 6.40. The molecule has 1 fully saturated rings. The summed E-state index contributed by atoms with van der Waals surface area (Å²) in [4.78, 5) is 6.92. The summed E-state index contributed by atoms with van der Waals surface area (Å²) in [6, 6.07) is 9.02. The number of aliphatic imine (C=N–C) groups is 1. The molecule has 0 unspecified atom stereocenters. The van der Waals surface area contributed by atoms with Gasteiger partial charge in [-0.05, 0) is 24.0 Å². The molecule has 1 aromatic rings.